The molecule has 0 saturated carbocycles. The van der Waals surface area contributed by atoms with Gasteiger partial charge < -0.3 is 5.41 Å². The average molecular weight is 138 g/mol. The second kappa shape index (κ2) is 6.28. The van der Waals surface area contributed by atoms with Gasteiger partial charge >= 0.3 is 0 Å². The highest BCUT2D eigenvalue weighted by atomic mass is 14.3. The van der Waals surface area contributed by atoms with Crippen molar-refractivity contribution < 1.29 is 0 Å². The summed E-state index contributed by atoms with van der Waals surface area (Å²) in [6.07, 6.45) is 5.09. The molecule has 0 aromatic heterocycles. The first kappa shape index (κ1) is 9.16. The van der Waals surface area contributed by atoms with Crippen LogP contribution in [-0.2, 0) is 0 Å². The summed E-state index contributed by atoms with van der Waals surface area (Å²) in [5.74, 6) is 0.208. The summed E-state index contributed by atoms with van der Waals surface area (Å²) in [5, 5.41) is 15.3. The van der Waals surface area contributed by atoms with Crippen molar-refractivity contribution in [1.82, 2.24) is 0 Å². The Labute approximate surface area is 62.4 Å². The van der Waals surface area contributed by atoms with Gasteiger partial charge in [0.1, 0.15) is 0 Å². The molecule has 0 fully saturated rings. The van der Waals surface area contributed by atoms with Crippen molar-refractivity contribution in [2.45, 2.75) is 32.6 Å². The van der Waals surface area contributed by atoms with Crippen molar-refractivity contribution in [1.29, 1.82) is 10.7 Å². The van der Waals surface area contributed by atoms with Crippen molar-refractivity contribution in [3.8, 4) is 6.07 Å². The third-order valence-electron chi connectivity index (χ3n) is 1.58. The molecule has 0 aliphatic carbocycles. The molecule has 0 amide bonds. The first-order valence-electron chi connectivity index (χ1n) is 3.73. The van der Waals surface area contributed by atoms with Crippen LogP contribution >= 0.6 is 0 Å². The molecule has 10 heavy (non-hydrogen) atoms. The molecule has 1 N–H and O–H groups in total. The van der Waals surface area contributed by atoms with E-state index < -0.39 is 0 Å². The molecule has 0 aliphatic rings. The highest BCUT2D eigenvalue weighted by Crippen LogP contribution is 2.09. The van der Waals surface area contributed by atoms with Gasteiger partial charge in [-0.15, -0.1) is 0 Å². The Hall–Kier alpha value is -0.840. The summed E-state index contributed by atoms with van der Waals surface area (Å²) < 4.78 is 0. The minimum atomic E-state index is 0.208. The van der Waals surface area contributed by atoms with Crippen LogP contribution < -0.4 is 0 Å². The van der Waals surface area contributed by atoms with E-state index in [0.29, 0.717) is 0 Å². The quantitative estimate of drug-likeness (QED) is 0.460. The van der Waals surface area contributed by atoms with Crippen LogP contribution in [0.25, 0.3) is 0 Å². The van der Waals surface area contributed by atoms with Crippen molar-refractivity contribution in [3.05, 3.63) is 0 Å². The molecule has 0 radical (unpaired) electrons. The Morgan fingerprint density at radius 2 is 2.40 bits per heavy atom. The van der Waals surface area contributed by atoms with Crippen molar-refractivity contribution in [2.75, 3.05) is 0 Å². The lowest BCUT2D eigenvalue weighted by Gasteiger charge is -2.01. The van der Waals surface area contributed by atoms with Crippen LogP contribution in [0, 0.1) is 22.7 Å². The van der Waals surface area contributed by atoms with Gasteiger partial charge in [0, 0.05) is 5.92 Å². The molecule has 0 aromatic carbocycles. The molecule has 0 heterocycles. The third kappa shape index (κ3) is 4.08. The van der Waals surface area contributed by atoms with E-state index in [1.807, 2.05) is 6.92 Å². The van der Waals surface area contributed by atoms with Crippen molar-refractivity contribution in [3.63, 3.8) is 0 Å². The fourth-order valence-electron chi connectivity index (χ4n) is 0.826. The predicted octanol–water partition coefficient (Wildman–Crippen LogP) is 2.36. The number of hydrogen-bond donors (Lipinski definition) is 1. The normalized spacial score (nSPS) is 12.0. The standard InChI is InChI=1S/C8H14N2/c1-2-8(7-10)5-3-4-6-9/h6,8-9H,2-5H2,1H3. The highest BCUT2D eigenvalue weighted by molar-refractivity contribution is 5.52. The summed E-state index contributed by atoms with van der Waals surface area (Å²) in [5.41, 5.74) is 0. The van der Waals surface area contributed by atoms with E-state index in [1.54, 1.807) is 0 Å². The summed E-state index contributed by atoms with van der Waals surface area (Å²) in [4.78, 5) is 0. The maximum Gasteiger partial charge on any atom is 0.0655 e. The number of hydrogen-bond acceptors (Lipinski definition) is 2. The van der Waals surface area contributed by atoms with Gasteiger partial charge in [0.15, 0.2) is 0 Å². The number of nitrogens with one attached hydrogen (secondary N) is 1. The van der Waals surface area contributed by atoms with Crippen LogP contribution in [0.2, 0.25) is 0 Å². The molecule has 0 aromatic rings. The fourth-order valence-corrected chi connectivity index (χ4v) is 0.826. The topological polar surface area (TPSA) is 47.6 Å². The highest BCUT2D eigenvalue weighted by Gasteiger charge is 2.01. The third-order valence-corrected chi connectivity index (χ3v) is 1.58. The van der Waals surface area contributed by atoms with E-state index in [4.69, 9.17) is 10.7 Å². The van der Waals surface area contributed by atoms with Gasteiger partial charge in [-0.2, -0.15) is 5.26 Å². The van der Waals surface area contributed by atoms with Crippen LogP contribution in [0.4, 0.5) is 0 Å². The van der Waals surface area contributed by atoms with Gasteiger partial charge in [0.2, 0.25) is 0 Å². The number of unbranched alkanes of at least 4 members (excludes halogenated alkanes) is 1. The Kier molecular flexibility index (Phi) is 5.75. The minimum Gasteiger partial charge on any atom is -0.313 e. The Balaban J connectivity index is 3.28. The first-order chi connectivity index (χ1) is 4.85. The molecular formula is C8H14N2. The van der Waals surface area contributed by atoms with E-state index in [2.05, 4.69) is 6.07 Å². The van der Waals surface area contributed by atoms with Gasteiger partial charge in [-0.1, -0.05) is 6.92 Å². The lowest BCUT2D eigenvalue weighted by molar-refractivity contribution is 0.566. The lowest BCUT2D eigenvalue weighted by Crippen LogP contribution is -1.94. The summed E-state index contributed by atoms with van der Waals surface area (Å²) in [6.45, 7) is 2.03. The molecular weight excluding hydrogens is 124 g/mol. The number of rotatable bonds is 5. The SMILES string of the molecule is CCC(C#N)CCCC=N. The van der Waals surface area contributed by atoms with E-state index in [-0.39, 0.29) is 5.92 Å². The van der Waals surface area contributed by atoms with Crippen molar-refractivity contribution in [2.24, 2.45) is 5.92 Å². The van der Waals surface area contributed by atoms with E-state index in [9.17, 15) is 0 Å². The summed E-state index contributed by atoms with van der Waals surface area (Å²) in [7, 11) is 0. The fraction of sp³-hybridized carbons (Fsp3) is 0.750. The Morgan fingerprint density at radius 3 is 2.80 bits per heavy atom. The average Bonchev–Trinajstić information content (AvgIpc) is 1.99. The number of nitrogens with zero attached hydrogens (tertiary/aromatic N) is 1. The molecule has 0 saturated heterocycles. The molecule has 56 valence electrons. The van der Waals surface area contributed by atoms with E-state index >= 15 is 0 Å². The molecule has 0 bridgehead atoms. The smallest absolute Gasteiger partial charge is 0.0655 e. The Bertz CT molecular complexity index is 124. The summed E-state index contributed by atoms with van der Waals surface area (Å²) >= 11 is 0. The predicted molar refractivity (Wildman–Crippen MR) is 42.0 cm³/mol. The van der Waals surface area contributed by atoms with Crippen LogP contribution in [0.1, 0.15) is 32.6 Å². The largest absolute Gasteiger partial charge is 0.313 e. The summed E-state index contributed by atoms with van der Waals surface area (Å²) in [6, 6.07) is 2.24. The molecule has 0 rings (SSSR count). The molecule has 0 spiro atoms. The van der Waals surface area contributed by atoms with E-state index in [0.717, 1.165) is 25.7 Å². The van der Waals surface area contributed by atoms with Gasteiger partial charge in [0.25, 0.3) is 0 Å². The zero-order valence-corrected chi connectivity index (χ0v) is 6.43. The monoisotopic (exact) mass is 138 g/mol. The lowest BCUT2D eigenvalue weighted by atomic mass is 10.0. The number of nitriles is 1. The van der Waals surface area contributed by atoms with Gasteiger partial charge in [-0.3, -0.25) is 0 Å². The second-order valence-corrected chi connectivity index (χ2v) is 2.37. The van der Waals surface area contributed by atoms with Gasteiger partial charge in [-0.05, 0) is 31.9 Å². The van der Waals surface area contributed by atoms with Crippen LogP contribution in [-0.4, -0.2) is 6.21 Å². The molecule has 1 atom stereocenters. The molecule has 0 aliphatic heterocycles. The van der Waals surface area contributed by atoms with Crippen molar-refractivity contribution >= 4 is 6.21 Å². The maximum absolute atomic E-state index is 8.52. The van der Waals surface area contributed by atoms with E-state index in [1.165, 1.54) is 6.21 Å². The van der Waals surface area contributed by atoms with Crippen LogP contribution in [0.5, 0.6) is 0 Å². The molecule has 2 heteroatoms. The van der Waals surface area contributed by atoms with Crippen LogP contribution in [0.3, 0.4) is 0 Å². The zero-order valence-electron chi connectivity index (χ0n) is 6.43. The van der Waals surface area contributed by atoms with Gasteiger partial charge in [-0.25, -0.2) is 0 Å². The second-order valence-electron chi connectivity index (χ2n) is 2.37. The zero-order chi connectivity index (χ0) is 7.82. The maximum atomic E-state index is 8.52. The van der Waals surface area contributed by atoms with Crippen LogP contribution in [0.15, 0.2) is 0 Å². The molecule has 2 nitrogen and oxygen atoms in total. The van der Waals surface area contributed by atoms with Gasteiger partial charge in [0.05, 0.1) is 6.07 Å². The minimum absolute atomic E-state index is 0.208. The first-order valence-corrected chi connectivity index (χ1v) is 3.73. The molecule has 1 unspecified atom stereocenters. The Morgan fingerprint density at radius 1 is 1.70 bits per heavy atom.